The van der Waals surface area contributed by atoms with Crippen LogP contribution in [0, 0.1) is 0 Å². The van der Waals surface area contributed by atoms with Crippen molar-refractivity contribution in [3.63, 3.8) is 0 Å². The van der Waals surface area contributed by atoms with Crippen LogP contribution >= 0.6 is 0 Å². The fourth-order valence-corrected chi connectivity index (χ4v) is 2.81. The molecule has 1 aromatic heterocycles. The summed E-state index contributed by atoms with van der Waals surface area (Å²) < 4.78 is 20.5. The minimum Gasteiger partial charge on any atom is -0.465 e. The monoisotopic (exact) mass is 397 g/mol. The highest BCUT2D eigenvalue weighted by Gasteiger charge is 2.23. The van der Waals surface area contributed by atoms with Crippen LogP contribution in [0.15, 0.2) is 52.9 Å². The molecule has 3 rings (SSSR count). The van der Waals surface area contributed by atoms with Crippen molar-refractivity contribution >= 4 is 34.5 Å². The number of ether oxygens (including phenoxy) is 3. The maximum Gasteiger partial charge on any atom is 0.375 e. The molecule has 8 heteroatoms. The van der Waals surface area contributed by atoms with Gasteiger partial charge in [-0.1, -0.05) is 30.3 Å². The molecule has 150 valence electrons. The number of carbonyl (C=O) groups is 3. The van der Waals surface area contributed by atoms with E-state index < -0.39 is 24.5 Å². The van der Waals surface area contributed by atoms with Gasteiger partial charge in [0.05, 0.1) is 25.0 Å². The van der Waals surface area contributed by atoms with E-state index in [-0.39, 0.29) is 23.6 Å². The number of para-hydroxylation sites is 2. The second-order valence-electron chi connectivity index (χ2n) is 6.00. The minimum absolute atomic E-state index is 0.0178. The first kappa shape index (κ1) is 20.1. The first-order chi connectivity index (χ1) is 14.0. The van der Waals surface area contributed by atoms with Gasteiger partial charge < -0.3 is 23.9 Å². The first-order valence-electron chi connectivity index (χ1n) is 8.68. The highest BCUT2D eigenvalue weighted by Crippen LogP contribution is 2.27. The van der Waals surface area contributed by atoms with Gasteiger partial charge in [0.15, 0.2) is 6.61 Å². The summed E-state index contributed by atoms with van der Waals surface area (Å²) in [5, 5.41) is 3.26. The summed E-state index contributed by atoms with van der Waals surface area (Å²) in [6.45, 7) is -0.405. The van der Waals surface area contributed by atoms with Gasteiger partial charge in [-0.25, -0.2) is 9.59 Å². The van der Waals surface area contributed by atoms with Gasteiger partial charge in [-0.2, -0.15) is 0 Å². The molecule has 1 N–H and O–H groups in total. The third kappa shape index (κ3) is 4.44. The number of furan rings is 1. The highest BCUT2D eigenvalue weighted by atomic mass is 16.5. The fourth-order valence-electron chi connectivity index (χ4n) is 2.81. The van der Waals surface area contributed by atoms with Gasteiger partial charge in [0.25, 0.3) is 5.91 Å². The Morgan fingerprint density at radius 1 is 0.966 bits per heavy atom. The molecule has 0 aliphatic heterocycles. The Morgan fingerprint density at radius 3 is 2.45 bits per heavy atom. The molecule has 0 radical (unpaired) electrons. The Bertz CT molecular complexity index is 1050. The Hall–Kier alpha value is -3.65. The Morgan fingerprint density at radius 2 is 1.69 bits per heavy atom. The smallest absolute Gasteiger partial charge is 0.375 e. The molecule has 0 aliphatic rings. The van der Waals surface area contributed by atoms with Gasteiger partial charge in [0, 0.05) is 18.1 Å². The fraction of sp³-hybridized carbons (Fsp3) is 0.190. The van der Waals surface area contributed by atoms with E-state index in [0.29, 0.717) is 11.1 Å². The quantitative estimate of drug-likeness (QED) is 0.611. The molecule has 0 saturated heterocycles. The molecule has 0 bridgehead atoms. The van der Waals surface area contributed by atoms with Crippen LogP contribution in [-0.4, -0.2) is 38.7 Å². The summed E-state index contributed by atoms with van der Waals surface area (Å²) >= 11 is 0. The first-order valence-corrected chi connectivity index (χ1v) is 8.68. The normalized spacial score (nSPS) is 10.6. The van der Waals surface area contributed by atoms with Crippen molar-refractivity contribution in [3.8, 4) is 0 Å². The zero-order valence-electron chi connectivity index (χ0n) is 15.9. The van der Waals surface area contributed by atoms with Gasteiger partial charge in [-0.05, 0) is 18.2 Å². The molecule has 3 aromatic rings. The van der Waals surface area contributed by atoms with Crippen molar-refractivity contribution < 1.29 is 33.0 Å². The number of amides is 1. The van der Waals surface area contributed by atoms with Crippen LogP contribution < -0.4 is 5.32 Å². The molecule has 29 heavy (non-hydrogen) atoms. The van der Waals surface area contributed by atoms with Gasteiger partial charge in [0.1, 0.15) is 5.58 Å². The lowest BCUT2D eigenvalue weighted by atomic mass is 10.1. The van der Waals surface area contributed by atoms with E-state index in [0.717, 1.165) is 5.39 Å². The summed E-state index contributed by atoms with van der Waals surface area (Å²) in [6.07, 6.45) is 0. The largest absolute Gasteiger partial charge is 0.465 e. The number of fused-ring (bicyclic) bond motifs is 1. The van der Waals surface area contributed by atoms with E-state index in [4.69, 9.17) is 13.9 Å². The molecule has 1 heterocycles. The summed E-state index contributed by atoms with van der Waals surface area (Å²) in [5.41, 5.74) is 1.51. The van der Waals surface area contributed by atoms with Gasteiger partial charge in [-0.15, -0.1) is 0 Å². The van der Waals surface area contributed by atoms with Crippen LogP contribution in [0.3, 0.4) is 0 Å². The number of hydrogen-bond acceptors (Lipinski definition) is 7. The van der Waals surface area contributed by atoms with E-state index in [1.165, 1.54) is 20.3 Å². The number of esters is 2. The van der Waals surface area contributed by atoms with Crippen molar-refractivity contribution in [1.82, 2.24) is 0 Å². The lowest BCUT2D eigenvalue weighted by Crippen LogP contribution is -2.22. The van der Waals surface area contributed by atoms with Crippen molar-refractivity contribution in [2.75, 3.05) is 26.1 Å². The average Bonchev–Trinajstić information content (AvgIpc) is 3.11. The summed E-state index contributed by atoms with van der Waals surface area (Å²) in [6, 6.07) is 13.5. The standard InChI is InChI=1S/C21H19NO7/c1-26-11-15-13-7-4-6-10-17(13)29-19(15)21(25)28-12-18(23)22-16-9-5-3-8-14(16)20(24)27-2/h3-10H,11-12H2,1-2H3,(H,22,23). The van der Waals surface area contributed by atoms with E-state index in [1.807, 2.05) is 6.07 Å². The van der Waals surface area contributed by atoms with Crippen molar-refractivity contribution in [2.24, 2.45) is 0 Å². The topological polar surface area (TPSA) is 104 Å². The van der Waals surface area contributed by atoms with Crippen LogP contribution in [0.4, 0.5) is 5.69 Å². The number of carbonyl (C=O) groups excluding carboxylic acids is 3. The van der Waals surface area contributed by atoms with Crippen LogP contribution in [0.1, 0.15) is 26.5 Å². The third-order valence-corrected chi connectivity index (χ3v) is 4.11. The van der Waals surface area contributed by atoms with E-state index >= 15 is 0 Å². The maximum absolute atomic E-state index is 12.5. The lowest BCUT2D eigenvalue weighted by Gasteiger charge is -2.10. The molecular weight excluding hydrogens is 378 g/mol. The minimum atomic E-state index is -0.787. The zero-order chi connectivity index (χ0) is 20.8. The van der Waals surface area contributed by atoms with E-state index in [1.54, 1.807) is 36.4 Å². The van der Waals surface area contributed by atoms with Crippen LogP contribution in [0.5, 0.6) is 0 Å². The second-order valence-corrected chi connectivity index (χ2v) is 6.00. The highest BCUT2D eigenvalue weighted by molar-refractivity contribution is 6.02. The molecule has 8 nitrogen and oxygen atoms in total. The van der Waals surface area contributed by atoms with Gasteiger partial charge in [0.2, 0.25) is 5.76 Å². The van der Waals surface area contributed by atoms with Crippen molar-refractivity contribution in [3.05, 3.63) is 65.4 Å². The molecule has 0 fully saturated rings. The summed E-state index contributed by atoms with van der Waals surface area (Å²) in [7, 11) is 2.75. The van der Waals surface area contributed by atoms with Crippen LogP contribution in [-0.2, 0) is 25.6 Å². The molecule has 0 saturated carbocycles. The third-order valence-electron chi connectivity index (χ3n) is 4.11. The van der Waals surface area contributed by atoms with E-state index in [2.05, 4.69) is 10.1 Å². The second kappa shape index (κ2) is 9.03. The average molecular weight is 397 g/mol. The molecule has 0 unspecified atom stereocenters. The van der Waals surface area contributed by atoms with Crippen LogP contribution in [0.2, 0.25) is 0 Å². The van der Waals surface area contributed by atoms with Crippen molar-refractivity contribution in [1.29, 1.82) is 0 Å². The predicted octanol–water partition coefficient (Wildman–Crippen LogP) is 3.16. The predicted molar refractivity (Wildman–Crippen MR) is 104 cm³/mol. The summed E-state index contributed by atoms with van der Waals surface area (Å²) in [4.78, 5) is 36.4. The number of benzene rings is 2. The zero-order valence-corrected chi connectivity index (χ0v) is 15.9. The molecule has 0 spiro atoms. The van der Waals surface area contributed by atoms with Crippen LogP contribution in [0.25, 0.3) is 11.0 Å². The molecule has 2 aromatic carbocycles. The van der Waals surface area contributed by atoms with Gasteiger partial charge >= 0.3 is 11.9 Å². The molecule has 0 atom stereocenters. The van der Waals surface area contributed by atoms with Gasteiger partial charge in [-0.3, -0.25) is 4.79 Å². The number of rotatable bonds is 7. The maximum atomic E-state index is 12.5. The van der Waals surface area contributed by atoms with E-state index in [9.17, 15) is 14.4 Å². The Labute approximate surface area is 166 Å². The number of anilines is 1. The lowest BCUT2D eigenvalue weighted by molar-refractivity contribution is -0.119. The summed E-state index contributed by atoms with van der Waals surface area (Å²) in [5.74, 6) is -2.01. The number of nitrogens with one attached hydrogen (secondary N) is 1. The number of hydrogen-bond donors (Lipinski definition) is 1. The SMILES string of the molecule is COCc1c(C(=O)OCC(=O)Nc2ccccc2C(=O)OC)oc2ccccc12. The Balaban J connectivity index is 1.70. The molecule has 1 amide bonds. The molecule has 0 aliphatic carbocycles. The molecular formula is C21H19NO7. The number of methoxy groups -OCH3 is 2. The van der Waals surface area contributed by atoms with Crippen molar-refractivity contribution in [2.45, 2.75) is 6.61 Å². The Kier molecular flexibility index (Phi) is 6.25.